The molecule has 0 aliphatic rings. The molecule has 0 aromatic carbocycles. The Morgan fingerprint density at radius 2 is 1.71 bits per heavy atom. The standard InChI is InChI=1S/C13H23NO3/c1-8(2)10(14-11(15)9(3)4)12(16)17-13(5,6)7/h8,10H,3H2,1-2,4-7H3,(H,14,15). The summed E-state index contributed by atoms with van der Waals surface area (Å²) in [5.74, 6) is -0.773. The number of nitrogens with one attached hydrogen (secondary N) is 1. The molecule has 1 unspecified atom stereocenters. The van der Waals surface area contributed by atoms with Crippen molar-refractivity contribution < 1.29 is 14.3 Å². The van der Waals surface area contributed by atoms with Gasteiger partial charge in [0, 0.05) is 5.57 Å². The molecule has 0 aromatic rings. The molecule has 0 saturated carbocycles. The third-order valence-electron chi connectivity index (χ3n) is 2.00. The molecule has 0 fully saturated rings. The van der Waals surface area contributed by atoms with Crippen molar-refractivity contribution >= 4 is 11.9 Å². The first-order valence-electron chi connectivity index (χ1n) is 5.74. The maximum absolute atomic E-state index is 11.9. The van der Waals surface area contributed by atoms with Crippen molar-refractivity contribution in [2.24, 2.45) is 5.92 Å². The summed E-state index contributed by atoms with van der Waals surface area (Å²) in [5, 5.41) is 2.63. The molecule has 1 N–H and O–H groups in total. The maximum atomic E-state index is 11.9. The van der Waals surface area contributed by atoms with Crippen LogP contribution in [-0.4, -0.2) is 23.5 Å². The van der Waals surface area contributed by atoms with E-state index in [1.807, 2.05) is 13.8 Å². The van der Waals surface area contributed by atoms with Crippen LogP contribution in [0.5, 0.6) is 0 Å². The summed E-state index contributed by atoms with van der Waals surface area (Å²) in [6.45, 7) is 14.2. The van der Waals surface area contributed by atoms with Gasteiger partial charge in [0.05, 0.1) is 0 Å². The average Bonchev–Trinajstić information content (AvgIpc) is 2.09. The zero-order valence-corrected chi connectivity index (χ0v) is 11.6. The second-order valence-electron chi connectivity index (χ2n) is 5.51. The predicted octanol–water partition coefficient (Wildman–Crippen LogP) is 2.04. The van der Waals surface area contributed by atoms with E-state index in [-0.39, 0.29) is 11.8 Å². The molecule has 0 spiro atoms. The molecular weight excluding hydrogens is 218 g/mol. The van der Waals surface area contributed by atoms with Gasteiger partial charge < -0.3 is 10.1 Å². The first-order chi connectivity index (χ1) is 7.54. The van der Waals surface area contributed by atoms with Crippen LogP contribution in [0.1, 0.15) is 41.5 Å². The third-order valence-corrected chi connectivity index (χ3v) is 2.00. The van der Waals surface area contributed by atoms with Crippen LogP contribution in [0.3, 0.4) is 0 Å². The largest absolute Gasteiger partial charge is 0.458 e. The van der Waals surface area contributed by atoms with Crippen molar-refractivity contribution in [3.8, 4) is 0 Å². The lowest BCUT2D eigenvalue weighted by molar-refractivity contribution is -0.159. The number of hydrogen-bond acceptors (Lipinski definition) is 3. The highest BCUT2D eigenvalue weighted by molar-refractivity contribution is 5.95. The minimum absolute atomic E-state index is 0.0341. The minimum Gasteiger partial charge on any atom is -0.458 e. The van der Waals surface area contributed by atoms with E-state index >= 15 is 0 Å². The zero-order chi connectivity index (χ0) is 13.8. The SMILES string of the molecule is C=C(C)C(=O)NC(C(=O)OC(C)(C)C)C(C)C. The van der Waals surface area contributed by atoms with Crippen molar-refractivity contribution in [1.82, 2.24) is 5.32 Å². The highest BCUT2D eigenvalue weighted by Gasteiger charge is 2.29. The second-order valence-corrected chi connectivity index (χ2v) is 5.51. The van der Waals surface area contributed by atoms with Crippen molar-refractivity contribution in [3.05, 3.63) is 12.2 Å². The maximum Gasteiger partial charge on any atom is 0.329 e. The molecule has 0 saturated heterocycles. The summed E-state index contributed by atoms with van der Waals surface area (Å²) in [5.41, 5.74) is -0.183. The van der Waals surface area contributed by atoms with Gasteiger partial charge in [0.25, 0.3) is 0 Å². The molecule has 17 heavy (non-hydrogen) atoms. The Bertz CT molecular complexity index is 313. The first kappa shape index (κ1) is 15.7. The van der Waals surface area contributed by atoms with Crippen LogP contribution in [0.25, 0.3) is 0 Å². The van der Waals surface area contributed by atoms with Crippen LogP contribution in [0.2, 0.25) is 0 Å². The molecule has 0 aliphatic carbocycles. The van der Waals surface area contributed by atoms with Gasteiger partial charge in [0.15, 0.2) is 0 Å². The molecule has 0 aromatic heterocycles. The van der Waals surface area contributed by atoms with Gasteiger partial charge in [-0.15, -0.1) is 0 Å². The Morgan fingerprint density at radius 3 is 2.00 bits per heavy atom. The summed E-state index contributed by atoms with van der Waals surface area (Å²) in [6, 6.07) is -0.640. The van der Waals surface area contributed by atoms with Gasteiger partial charge in [0.2, 0.25) is 5.91 Å². The fourth-order valence-electron chi connectivity index (χ4n) is 1.13. The van der Waals surface area contributed by atoms with Gasteiger partial charge >= 0.3 is 5.97 Å². The zero-order valence-electron chi connectivity index (χ0n) is 11.6. The van der Waals surface area contributed by atoms with Gasteiger partial charge in [-0.3, -0.25) is 4.79 Å². The highest BCUT2D eigenvalue weighted by atomic mass is 16.6. The number of carbonyl (C=O) groups is 2. The number of rotatable bonds is 4. The lowest BCUT2D eigenvalue weighted by Gasteiger charge is -2.26. The summed E-state index contributed by atoms with van der Waals surface area (Å²) in [4.78, 5) is 23.4. The number of hydrogen-bond donors (Lipinski definition) is 1. The van der Waals surface area contributed by atoms with E-state index in [4.69, 9.17) is 4.74 Å². The number of amides is 1. The Hall–Kier alpha value is -1.32. The van der Waals surface area contributed by atoms with E-state index < -0.39 is 17.6 Å². The Labute approximate surface area is 103 Å². The van der Waals surface area contributed by atoms with Crippen LogP contribution in [0.15, 0.2) is 12.2 Å². The summed E-state index contributed by atoms with van der Waals surface area (Å²) in [6.07, 6.45) is 0. The van der Waals surface area contributed by atoms with Crippen LogP contribution >= 0.6 is 0 Å². The van der Waals surface area contributed by atoms with E-state index in [2.05, 4.69) is 11.9 Å². The lowest BCUT2D eigenvalue weighted by atomic mass is 10.0. The highest BCUT2D eigenvalue weighted by Crippen LogP contribution is 2.12. The van der Waals surface area contributed by atoms with Crippen LogP contribution < -0.4 is 5.32 Å². The quantitative estimate of drug-likeness (QED) is 0.605. The molecule has 0 bridgehead atoms. The summed E-state index contributed by atoms with van der Waals surface area (Å²) in [7, 11) is 0. The topological polar surface area (TPSA) is 55.4 Å². The average molecular weight is 241 g/mol. The van der Waals surface area contributed by atoms with E-state index in [0.717, 1.165) is 0 Å². The lowest BCUT2D eigenvalue weighted by Crippen LogP contribution is -2.47. The molecule has 98 valence electrons. The smallest absolute Gasteiger partial charge is 0.329 e. The molecular formula is C13H23NO3. The summed E-state index contributed by atoms with van der Waals surface area (Å²) < 4.78 is 5.26. The Morgan fingerprint density at radius 1 is 1.24 bits per heavy atom. The normalized spacial score (nSPS) is 13.1. The number of esters is 1. The minimum atomic E-state index is -0.640. The van der Waals surface area contributed by atoms with Crippen LogP contribution in [0.4, 0.5) is 0 Å². The molecule has 0 rings (SSSR count). The van der Waals surface area contributed by atoms with E-state index in [1.165, 1.54) is 0 Å². The van der Waals surface area contributed by atoms with Gasteiger partial charge in [-0.1, -0.05) is 20.4 Å². The fraction of sp³-hybridized carbons (Fsp3) is 0.692. The second kappa shape index (κ2) is 5.84. The van der Waals surface area contributed by atoms with Gasteiger partial charge in [0.1, 0.15) is 11.6 Å². The van der Waals surface area contributed by atoms with E-state index in [9.17, 15) is 9.59 Å². The van der Waals surface area contributed by atoms with Crippen molar-refractivity contribution in [2.75, 3.05) is 0 Å². The molecule has 0 radical (unpaired) electrons. The van der Waals surface area contributed by atoms with Crippen molar-refractivity contribution in [1.29, 1.82) is 0 Å². The van der Waals surface area contributed by atoms with Crippen LogP contribution in [-0.2, 0) is 14.3 Å². The van der Waals surface area contributed by atoms with Gasteiger partial charge in [-0.05, 0) is 33.6 Å². The van der Waals surface area contributed by atoms with Crippen molar-refractivity contribution in [3.63, 3.8) is 0 Å². The molecule has 1 amide bonds. The molecule has 1 atom stereocenters. The Kier molecular flexibility index (Phi) is 5.39. The van der Waals surface area contributed by atoms with Crippen LogP contribution in [0, 0.1) is 5.92 Å². The molecule has 4 heteroatoms. The van der Waals surface area contributed by atoms with Crippen molar-refractivity contribution in [2.45, 2.75) is 53.2 Å². The van der Waals surface area contributed by atoms with Gasteiger partial charge in [-0.2, -0.15) is 0 Å². The monoisotopic (exact) mass is 241 g/mol. The predicted molar refractivity (Wildman–Crippen MR) is 67.4 cm³/mol. The molecule has 0 aliphatic heterocycles. The summed E-state index contributed by atoms with van der Waals surface area (Å²) >= 11 is 0. The number of carbonyl (C=O) groups excluding carboxylic acids is 2. The fourth-order valence-corrected chi connectivity index (χ4v) is 1.13. The Balaban J connectivity index is 4.70. The third kappa shape index (κ3) is 6.09. The number of ether oxygens (including phenoxy) is 1. The first-order valence-corrected chi connectivity index (χ1v) is 5.74. The van der Waals surface area contributed by atoms with Gasteiger partial charge in [-0.25, -0.2) is 4.79 Å². The van der Waals surface area contributed by atoms with E-state index in [1.54, 1.807) is 27.7 Å². The molecule has 4 nitrogen and oxygen atoms in total. The van der Waals surface area contributed by atoms with E-state index in [0.29, 0.717) is 5.57 Å². The molecule has 0 heterocycles.